The number of amides is 1. The quantitative estimate of drug-likeness (QED) is 0.796. The summed E-state index contributed by atoms with van der Waals surface area (Å²) < 4.78 is 5.58. The van der Waals surface area contributed by atoms with Crippen molar-refractivity contribution in [1.82, 2.24) is 4.90 Å². The zero-order valence-electron chi connectivity index (χ0n) is 12.7. The topological polar surface area (TPSA) is 55.6 Å². The molecule has 1 unspecified atom stereocenters. The molecule has 2 rings (SSSR count). The Kier molecular flexibility index (Phi) is 6.70. The maximum absolute atomic E-state index is 12.3. The van der Waals surface area contributed by atoms with Crippen LogP contribution < -0.4 is 5.73 Å². The molecule has 4 heteroatoms. The molecule has 21 heavy (non-hydrogen) atoms. The Balaban J connectivity index is 1.77. The first-order chi connectivity index (χ1) is 10.3. The number of rotatable bonds is 8. The third-order valence-corrected chi connectivity index (χ3v) is 3.97. The summed E-state index contributed by atoms with van der Waals surface area (Å²) >= 11 is 0. The van der Waals surface area contributed by atoms with Crippen molar-refractivity contribution >= 4 is 5.91 Å². The lowest BCUT2D eigenvalue weighted by molar-refractivity contribution is -0.131. The molecule has 4 nitrogen and oxygen atoms in total. The van der Waals surface area contributed by atoms with Crippen LogP contribution in [0, 0.1) is 0 Å². The molecule has 1 fully saturated rings. The molecular weight excluding hydrogens is 264 g/mol. The fourth-order valence-corrected chi connectivity index (χ4v) is 2.74. The monoisotopic (exact) mass is 290 g/mol. The minimum Gasteiger partial charge on any atom is -0.378 e. The van der Waals surface area contributed by atoms with Gasteiger partial charge in [-0.1, -0.05) is 30.3 Å². The second-order valence-corrected chi connectivity index (χ2v) is 5.58. The molecule has 1 aromatic rings. The number of hydrogen-bond acceptors (Lipinski definition) is 3. The van der Waals surface area contributed by atoms with Crippen LogP contribution in [-0.2, 0) is 16.0 Å². The number of nitrogens with two attached hydrogens (primary N) is 1. The van der Waals surface area contributed by atoms with E-state index in [0.29, 0.717) is 19.5 Å². The van der Waals surface area contributed by atoms with Crippen molar-refractivity contribution in [2.45, 2.75) is 38.2 Å². The van der Waals surface area contributed by atoms with Crippen LogP contribution in [-0.4, -0.2) is 43.2 Å². The lowest BCUT2D eigenvalue weighted by Gasteiger charge is -2.23. The molecule has 0 saturated carbocycles. The van der Waals surface area contributed by atoms with Gasteiger partial charge in [0.1, 0.15) is 0 Å². The van der Waals surface area contributed by atoms with Gasteiger partial charge in [-0.05, 0) is 31.2 Å². The molecule has 0 spiro atoms. The van der Waals surface area contributed by atoms with Crippen molar-refractivity contribution in [2.75, 3.05) is 26.2 Å². The summed E-state index contributed by atoms with van der Waals surface area (Å²) in [5.41, 5.74) is 6.89. The average molecular weight is 290 g/mol. The Hall–Kier alpha value is -1.39. The van der Waals surface area contributed by atoms with E-state index >= 15 is 0 Å². The number of nitrogens with zero attached hydrogens (tertiary/aromatic N) is 1. The summed E-state index contributed by atoms with van der Waals surface area (Å²) in [5, 5.41) is 0. The third-order valence-electron chi connectivity index (χ3n) is 3.97. The highest BCUT2D eigenvalue weighted by molar-refractivity contribution is 5.76. The van der Waals surface area contributed by atoms with Gasteiger partial charge in [0.2, 0.25) is 5.91 Å². The van der Waals surface area contributed by atoms with Gasteiger partial charge in [-0.3, -0.25) is 4.79 Å². The largest absolute Gasteiger partial charge is 0.378 e. The van der Waals surface area contributed by atoms with Crippen LogP contribution in [0.4, 0.5) is 0 Å². The van der Waals surface area contributed by atoms with Crippen LogP contribution in [0.2, 0.25) is 0 Å². The van der Waals surface area contributed by atoms with Crippen molar-refractivity contribution < 1.29 is 9.53 Å². The highest BCUT2D eigenvalue weighted by Gasteiger charge is 2.19. The van der Waals surface area contributed by atoms with E-state index in [0.717, 1.165) is 38.8 Å². The Morgan fingerprint density at radius 2 is 2.10 bits per heavy atom. The van der Waals surface area contributed by atoms with Crippen LogP contribution in [0.3, 0.4) is 0 Å². The number of benzene rings is 1. The van der Waals surface area contributed by atoms with Gasteiger partial charge in [-0.25, -0.2) is 0 Å². The summed E-state index contributed by atoms with van der Waals surface area (Å²) in [6.07, 6.45) is 4.79. The van der Waals surface area contributed by atoms with E-state index in [2.05, 4.69) is 12.1 Å². The molecule has 1 heterocycles. The molecule has 0 bridgehead atoms. The van der Waals surface area contributed by atoms with E-state index in [-0.39, 0.29) is 12.0 Å². The fourth-order valence-electron chi connectivity index (χ4n) is 2.74. The molecule has 1 aromatic carbocycles. The van der Waals surface area contributed by atoms with Gasteiger partial charge in [0.25, 0.3) is 0 Å². The smallest absolute Gasteiger partial charge is 0.222 e. The molecule has 1 atom stereocenters. The van der Waals surface area contributed by atoms with Gasteiger partial charge in [0.05, 0.1) is 6.10 Å². The third kappa shape index (κ3) is 5.48. The standard InChI is InChI=1S/C17H26N2O2/c18-11-13-19(12-10-15-5-2-1-3-6-15)17(20)9-8-16-7-4-14-21-16/h1-3,5-6,16H,4,7-14,18H2. The summed E-state index contributed by atoms with van der Waals surface area (Å²) in [6.45, 7) is 2.74. The lowest BCUT2D eigenvalue weighted by atomic mass is 10.1. The SMILES string of the molecule is NCCN(CCc1ccccc1)C(=O)CCC1CCCO1. The Bertz CT molecular complexity index is 416. The molecule has 1 amide bonds. The first kappa shape index (κ1) is 16.0. The summed E-state index contributed by atoms with van der Waals surface area (Å²) in [7, 11) is 0. The van der Waals surface area contributed by atoms with E-state index in [1.807, 2.05) is 23.1 Å². The number of hydrogen-bond donors (Lipinski definition) is 1. The van der Waals surface area contributed by atoms with Crippen LogP contribution >= 0.6 is 0 Å². The van der Waals surface area contributed by atoms with Gasteiger partial charge in [0.15, 0.2) is 0 Å². The normalized spacial score (nSPS) is 17.9. The summed E-state index contributed by atoms with van der Waals surface area (Å²) in [6, 6.07) is 10.3. The molecular formula is C17H26N2O2. The molecule has 1 aliphatic heterocycles. The molecule has 0 aliphatic carbocycles. The van der Waals surface area contributed by atoms with Crippen molar-refractivity contribution in [3.05, 3.63) is 35.9 Å². The predicted octanol–water partition coefficient (Wildman–Crippen LogP) is 1.98. The van der Waals surface area contributed by atoms with Crippen molar-refractivity contribution in [3.8, 4) is 0 Å². The zero-order chi connectivity index (χ0) is 14.9. The minimum atomic E-state index is 0.201. The van der Waals surface area contributed by atoms with Gasteiger partial charge >= 0.3 is 0 Å². The van der Waals surface area contributed by atoms with Gasteiger partial charge in [-0.2, -0.15) is 0 Å². The van der Waals surface area contributed by atoms with Gasteiger partial charge in [-0.15, -0.1) is 0 Å². The van der Waals surface area contributed by atoms with E-state index in [1.165, 1.54) is 5.56 Å². The molecule has 0 aromatic heterocycles. The Morgan fingerprint density at radius 1 is 1.29 bits per heavy atom. The Labute approximate surface area is 127 Å². The Morgan fingerprint density at radius 3 is 2.76 bits per heavy atom. The highest BCUT2D eigenvalue weighted by Crippen LogP contribution is 2.17. The van der Waals surface area contributed by atoms with Crippen molar-refractivity contribution in [1.29, 1.82) is 0 Å². The second kappa shape index (κ2) is 8.80. The first-order valence-corrected chi connectivity index (χ1v) is 7.93. The van der Waals surface area contributed by atoms with Crippen molar-refractivity contribution in [2.24, 2.45) is 5.73 Å². The molecule has 1 aliphatic rings. The summed E-state index contributed by atoms with van der Waals surface area (Å²) in [4.78, 5) is 14.2. The molecule has 116 valence electrons. The second-order valence-electron chi connectivity index (χ2n) is 5.58. The predicted molar refractivity (Wildman–Crippen MR) is 84.0 cm³/mol. The fraction of sp³-hybridized carbons (Fsp3) is 0.588. The number of ether oxygens (including phenoxy) is 1. The lowest BCUT2D eigenvalue weighted by Crippen LogP contribution is -2.37. The zero-order valence-corrected chi connectivity index (χ0v) is 12.7. The van der Waals surface area contributed by atoms with Gasteiger partial charge in [0, 0.05) is 32.7 Å². The van der Waals surface area contributed by atoms with E-state index < -0.39 is 0 Å². The minimum absolute atomic E-state index is 0.201. The van der Waals surface area contributed by atoms with Crippen molar-refractivity contribution in [3.63, 3.8) is 0 Å². The average Bonchev–Trinajstić information content (AvgIpc) is 3.03. The molecule has 2 N–H and O–H groups in total. The van der Waals surface area contributed by atoms with Gasteiger partial charge < -0.3 is 15.4 Å². The number of carbonyl (C=O) groups excluding carboxylic acids is 1. The van der Waals surface area contributed by atoms with Crippen LogP contribution in [0.1, 0.15) is 31.2 Å². The maximum atomic E-state index is 12.3. The van der Waals surface area contributed by atoms with Crippen LogP contribution in [0.25, 0.3) is 0 Å². The molecule has 1 saturated heterocycles. The van der Waals surface area contributed by atoms with E-state index in [4.69, 9.17) is 10.5 Å². The molecule has 0 radical (unpaired) electrons. The highest BCUT2D eigenvalue weighted by atomic mass is 16.5. The number of carbonyl (C=O) groups is 1. The summed E-state index contributed by atoms with van der Waals surface area (Å²) in [5.74, 6) is 0.201. The van der Waals surface area contributed by atoms with E-state index in [1.54, 1.807) is 0 Å². The van der Waals surface area contributed by atoms with E-state index in [9.17, 15) is 4.79 Å². The first-order valence-electron chi connectivity index (χ1n) is 7.93. The van der Waals surface area contributed by atoms with Crippen LogP contribution in [0.5, 0.6) is 0 Å². The maximum Gasteiger partial charge on any atom is 0.222 e. The van der Waals surface area contributed by atoms with Crippen LogP contribution in [0.15, 0.2) is 30.3 Å².